The summed E-state index contributed by atoms with van der Waals surface area (Å²) in [5.74, 6) is -1.74. The molecule has 44 heavy (non-hydrogen) atoms. The predicted molar refractivity (Wildman–Crippen MR) is 159 cm³/mol. The molecule has 3 amide bonds. The van der Waals surface area contributed by atoms with Gasteiger partial charge in [0.15, 0.2) is 0 Å². The Bertz CT molecular complexity index is 1440. The summed E-state index contributed by atoms with van der Waals surface area (Å²) in [5.41, 5.74) is 17.5. The van der Waals surface area contributed by atoms with Crippen molar-refractivity contribution in [2.45, 2.75) is 37.5 Å². The molecule has 1 heterocycles. The molecule has 3 rings (SSSR count). The normalized spacial score (nSPS) is 12.8. The topological polar surface area (TPSA) is 210 Å². The second-order valence-electron chi connectivity index (χ2n) is 10.1. The van der Waals surface area contributed by atoms with Crippen molar-refractivity contribution < 1.29 is 37.6 Å². The Balaban J connectivity index is 1.78. The number of benzene rings is 2. The predicted octanol–water partition coefficient (Wildman–Crippen LogP) is -0.547. The molecule has 10 N–H and O–H groups in total. The largest absolute Gasteiger partial charge is 0.488 e. The number of alkyl halides is 3. The third-order valence-electron chi connectivity index (χ3n) is 6.78. The molecule has 0 saturated carbocycles. The summed E-state index contributed by atoms with van der Waals surface area (Å²) in [7, 11) is -1.72. The highest BCUT2D eigenvalue weighted by Gasteiger charge is 2.31. The molecule has 2 atom stereocenters. The molecule has 3 aromatic rings. The van der Waals surface area contributed by atoms with E-state index in [0.29, 0.717) is 29.6 Å². The highest BCUT2D eigenvalue weighted by atomic mass is 19.4. The maximum atomic E-state index is 13.4. The average molecular weight is 617 g/mol. The van der Waals surface area contributed by atoms with Gasteiger partial charge in [-0.1, -0.05) is 24.3 Å². The van der Waals surface area contributed by atoms with Gasteiger partial charge in [0, 0.05) is 44.4 Å². The van der Waals surface area contributed by atoms with Crippen molar-refractivity contribution >= 4 is 46.9 Å². The van der Waals surface area contributed by atoms with Crippen LogP contribution in [0.15, 0.2) is 54.7 Å². The maximum Gasteiger partial charge on any atom is 0.488 e. The van der Waals surface area contributed by atoms with E-state index in [1.54, 1.807) is 6.07 Å². The fourth-order valence-corrected chi connectivity index (χ4v) is 4.40. The number of rotatable bonds is 14. The number of nitrogens with two attached hydrogens (primary N) is 3. The highest BCUT2D eigenvalue weighted by Crippen LogP contribution is 2.29. The van der Waals surface area contributed by atoms with Crippen LogP contribution in [0.5, 0.6) is 0 Å². The van der Waals surface area contributed by atoms with Crippen molar-refractivity contribution in [1.82, 2.24) is 15.2 Å². The van der Waals surface area contributed by atoms with Gasteiger partial charge in [0.1, 0.15) is 6.04 Å². The van der Waals surface area contributed by atoms with E-state index in [1.807, 2.05) is 0 Å². The number of carbonyl (C=O) groups is 3. The van der Waals surface area contributed by atoms with E-state index < -0.39 is 42.8 Å². The van der Waals surface area contributed by atoms with Gasteiger partial charge in [0.2, 0.25) is 17.7 Å². The van der Waals surface area contributed by atoms with E-state index in [0.717, 1.165) is 12.1 Å². The monoisotopic (exact) mass is 617 g/mol. The minimum absolute atomic E-state index is 0.0431. The Hall–Kier alpha value is -4.09. The summed E-state index contributed by atoms with van der Waals surface area (Å²) >= 11 is 0. The molecule has 0 saturated heterocycles. The fourth-order valence-electron chi connectivity index (χ4n) is 4.40. The molecule has 236 valence electrons. The van der Waals surface area contributed by atoms with Crippen LogP contribution in [0.4, 0.5) is 18.9 Å². The molecule has 0 spiro atoms. The first-order chi connectivity index (χ1) is 20.8. The Morgan fingerprint density at radius 1 is 0.977 bits per heavy atom. The van der Waals surface area contributed by atoms with Gasteiger partial charge in [-0.3, -0.25) is 19.4 Å². The van der Waals surface area contributed by atoms with Gasteiger partial charge >= 0.3 is 13.3 Å². The molecule has 0 radical (unpaired) electrons. The number of amides is 3. The summed E-state index contributed by atoms with van der Waals surface area (Å²) in [4.78, 5) is 44.6. The van der Waals surface area contributed by atoms with E-state index in [1.165, 1.54) is 41.4 Å². The van der Waals surface area contributed by atoms with Gasteiger partial charge in [-0.2, -0.15) is 13.2 Å². The average Bonchev–Trinajstić information content (AvgIpc) is 2.98. The Kier molecular flexibility index (Phi) is 12.2. The Labute approximate surface area is 251 Å². The van der Waals surface area contributed by atoms with Crippen LogP contribution in [0.25, 0.3) is 10.9 Å². The quantitative estimate of drug-likeness (QED) is 0.116. The molecule has 0 bridgehead atoms. The standard InChI is InChI=1S/C28H35BF3N7O5/c30-28(31,32)19-3-1-17(2-4-19)13-24(38-26(41)22(35)6-8-25(40)39(11-9-33)12-10-34)27(42)37-21-15-18-14-20(29(43)44)5-7-23(18)36-16-21/h1-5,7,14-16,22,24,43-44H,6,8-13,33-35H2,(H,37,42)(H,38,41). The van der Waals surface area contributed by atoms with Gasteiger partial charge in [-0.05, 0) is 41.7 Å². The van der Waals surface area contributed by atoms with Gasteiger partial charge in [-0.25, -0.2) is 0 Å². The minimum Gasteiger partial charge on any atom is -0.423 e. The number of hydrogen-bond acceptors (Lipinski definition) is 9. The van der Waals surface area contributed by atoms with Crippen LogP contribution >= 0.6 is 0 Å². The second kappa shape index (κ2) is 15.6. The Morgan fingerprint density at radius 2 is 1.64 bits per heavy atom. The van der Waals surface area contributed by atoms with Crippen molar-refractivity contribution in [2.24, 2.45) is 17.2 Å². The lowest BCUT2D eigenvalue weighted by Crippen LogP contribution is -2.51. The SMILES string of the molecule is NCCN(CCN)C(=O)CCC(N)C(=O)NC(Cc1ccc(C(F)(F)F)cc1)C(=O)Nc1cnc2ccc(B(O)O)cc2c1. The summed E-state index contributed by atoms with van der Waals surface area (Å²) in [6.07, 6.45) is -3.48. The molecule has 2 unspecified atom stereocenters. The summed E-state index contributed by atoms with van der Waals surface area (Å²) < 4.78 is 39.2. The molecule has 12 nitrogen and oxygen atoms in total. The van der Waals surface area contributed by atoms with Crippen LogP contribution in [0.2, 0.25) is 0 Å². The van der Waals surface area contributed by atoms with Gasteiger partial charge in [0.05, 0.1) is 29.0 Å². The summed E-state index contributed by atoms with van der Waals surface area (Å²) in [5, 5.41) is 24.6. The number of fused-ring (bicyclic) bond motifs is 1. The highest BCUT2D eigenvalue weighted by molar-refractivity contribution is 6.58. The van der Waals surface area contributed by atoms with E-state index >= 15 is 0 Å². The molecule has 0 aliphatic carbocycles. The molecular weight excluding hydrogens is 582 g/mol. The number of aromatic nitrogens is 1. The molecule has 16 heteroatoms. The van der Waals surface area contributed by atoms with E-state index in [-0.39, 0.29) is 49.4 Å². The van der Waals surface area contributed by atoms with Crippen molar-refractivity contribution in [2.75, 3.05) is 31.5 Å². The molecular formula is C28H35BF3N7O5. The Morgan fingerprint density at radius 3 is 2.23 bits per heavy atom. The molecule has 1 aromatic heterocycles. The molecule has 0 aliphatic rings. The zero-order valence-corrected chi connectivity index (χ0v) is 23.8. The third kappa shape index (κ3) is 9.72. The number of carbonyl (C=O) groups excluding carboxylic acids is 3. The van der Waals surface area contributed by atoms with Gasteiger partial charge < -0.3 is 42.8 Å². The van der Waals surface area contributed by atoms with Crippen LogP contribution in [-0.4, -0.2) is 83.0 Å². The lowest BCUT2D eigenvalue weighted by atomic mass is 9.80. The minimum atomic E-state index is -4.55. The second-order valence-corrected chi connectivity index (χ2v) is 10.1. The first-order valence-corrected chi connectivity index (χ1v) is 13.8. The zero-order valence-electron chi connectivity index (χ0n) is 23.8. The number of nitrogens with zero attached hydrogens (tertiary/aromatic N) is 2. The van der Waals surface area contributed by atoms with Crippen LogP contribution in [-0.2, 0) is 27.0 Å². The van der Waals surface area contributed by atoms with E-state index in [4.69, 9.17) is 17.2 Å². The third-order valence-corrected chi connectivity index (χ3v) is 6.78. The van der Waals surface area contributed by atoms with E-state index in [2.05, 4.69) is 15.6 Å². The van der Waals surface area contributed by atoms with Crippen LogP contribution in [0.3, 0.4) is 0 Å². The molecule has 2 aromatic carbocycles. The first kappa shape index (κ1) is 34.4. The van der Waals surface area contributed by atoms with Gasteiger partial charge in [-0.15, -0.1) is 0 Å². The number of nitrogens with one attached hydrogen (secondary N) is 2. The lowest BCUT2D eigenvalue weighted by molar-refractivity contribution is -0.137. The van der Waals surface area contributed by atoms with Crippen molar-refractivity contribution in [3.63, 3.8) is 0 Å². The van der Waals surface area contributed by atoms with Crippen molar-refractivity contribution in [3.8, 4) is 0 Å². The number of pyridine rings is 1. The number of anilines is 1. The maximum absolute atomic E-state index is 13.4. The zero-order chi connectivity index (χ0) is 32.4. The molecule has 0 aliphatic heterocycles. The van der Waals surface area contributed by atoms with Crippen LogP contribution in [0.1, 0.15) is 24.0 Å². The lowest BCUT2D eigenvalue weighted by Gasteiger charge is -2.23. The van der Waals surface area contributed by atoms with Crippen LogP contribution < -0.4 is 33.3 Å². The first-order valence-electron chi connectivity index (χ1n) is 13.8. The number of hydrogen-bond donors (Lipinski definition) is 7. The fraction of sp³-hybridized carbons (Fsp3) is 0.357. The smallest absolute Gasteiger partial charge is 0.423 e. The van der Waals surface area contributed by atoms with Gasteiger partial charge in [0.25, 0.3) is 0 Å². The summed E-state index contributed by atoms with van der Waals surface area (Å²) in [6, 6.07) is 7.78. The van der Waals surface area contributed by atoms with Crippen molar-refractivity contribution in [1.29, 1.82) is 0 Å². The molecule has 0 fully saturated rings. The van der Waals surface area contributed by atoms with Crippen LogP contribution in [0, 0.1) is 0 Å². The summed E-state index contributed by atoms with van der Waals surface area (Å²) in [6.45, 7) is 1.04. The number of halogens is 3. The van der Waals surface area contributed by atoms with Crippen molar-refractivity contribution in [3.05, 3.63) is 65.9 Å². The van der Waals surface area contributed by atoms with E-state index in [9.17, 15) is 37.6 Å².